The highest BCUT2D eigenvalue weighted by Gasteiger charge is 2.32. The van der Waals surface area contributed by atoms with Crippen molar-refractivity contribution in [2.75, 3.05) is 46.3 Å². The van der Waals surface area contributed by atoms with Gasteiger partial charge in [0.2, 0.25) is 22.3 Å². The number of halogens is 1. The number of benzene rings is 1. The zero-order valence-electron chi connectivity index (χ0n) is 16.6. The maximum Gasteiger partial charge on any atom is 0.240 e. The van der Waals surface area contributed by atoms with Gasteiger partial charge >= 0.3 is 0 Å². The van der Waals surface area contributed by atoms with Crippen molar-refractivity contribution >= 4 is 34.7 Å². The summed E-state index contributed by atoms with van der Waals surface area (Å²) in [6.45, 7) is 4.26. The van der Waals surface area contributed by atoms with E-state index in [0.717, 1.165) is 38.9 Å². The van der Waals surface area contributed by atoms with Gasteiger partial charge in [-0.25, -0.2) is 13.1 Å². The molecule has 2 saturated heterocycles. The van der Waals surface area contributed by atoms with Crippen LogP contribution in [0.2, 0.25) is 0 Å². The summed E-state index contributed by atoms with van der Waals surface area (Å²) in [5.74, 6) is -0.103. The number of carbonyl (C=O) groups excluding carboxylic acids is 2. The van der Waals surface area contributed by atoms with E-state index in [1.807, 2.05) is 4.90 Å². The number of nitrogens with zero attached hydrogens (tertiary/aromatic N) is 3. The van der Waals surface area contributed by atoms with Gasteiger partial charge in [0.1, 0.15) is 0 Å². The van der Waals surface area contributed by atoms with Crippen LogP contribution in [0.15, 0.2) is 29.2 Å². The van der Waals surface area contributed by atoms with Crippen LogP contribution in [0.25, 0.3) is 0 Å². The van der Waals surface area contributed by atoms with Crippen molar-refractivity contribution in [2.24, 2.45) is 0 Å². The van der Waals surface area contributed by atoms with E-state index in [1.165, 1.54) is 13.1 Å². The Morgan fingerprint density at radius 1 is 1.17 bits per heavy atom. The van der Waals surface area contributed by atoms with Crippen molar-refractivity contribution in [1.82, 2.24) is 19.4 Å². The summed E-state index contributed by atoms with van der Waals surface area (Å²) in [7, 11) is -2.27. The van der Waals surface area contributed by atoms with Crippen molar-refractivity contribution in [2.45, 2.75) is 30.2 Å². The summed E-state index contributed by atoms with van der Waals surface area (Å²) in [5, 5.41) is 0. The lowest BCUT2D eigenvalue weighted by atomic mass is 10.1. The highest BCUT2D eigenvalue weighted by molar-refractivity contribution is 7.89. The minimum atomic E-state index is -3.63. The Bertz CT molecular complexity index is 814. The SMILES string of the molecule is CNS(=O)(=O)c1ccccc1CC(=O)N1CCN(C=O)C[C@H]1CN1CCCC1.Cl. The molecular weight excluding hydrogens is 416 g/mol. The molecule has 162 valence electrons. The maximum atomic E-state index is 13.1. The van der Waals surface area contributed by atoms with Crippen molar-refractivity contribution in [3.63, 3.8) is 0 Å². The first-order chi connectivity index (χ1) is 13.4. The molecule has 0 spiro atoms. The third kappa shape index (κ3) is 5.69. The zero-order chi connectivity index (χ0) is 20.1. The Balaban J connectivity index is 0.00000300. The monoisotopic (exact) mass is 444 g/mol. The fraction of sp³-hybridized carbons (Fsp3) is 0.579. The fourth-order valence-corrected chi connectivity index (χ4v) is 4.97. The van der Waals surface area contributed by atoms with Gasteiger partial charge in [-0.15, -0.1) is 12.4 Å². The molecule has 2 heterocycles. The molecule has 1 atom stereocenters. The van der Waals surface area contributed by atoms with E-state index in [0.29, 0.717) is 25.2 Å². The van der Waals surface area contributed by atoms with Gasteiger partial charge in [0.25, 0.3) is 0 Å². The van der Waals surface area contributed by atoms with Crippen molar-refractivity contribution in [3.05, 3.63) is 29.8 Å². The van der Waals surface area contributed by atoms with Crippen LogP contribution < -0.4 is 4.72 Å². The van der Waals surface area contributed by atoms with Crippen LogP contribution in [0, 0.1) is 0 Å². The van der Waals surface area contributed by atoms with E-state index < -0.39 is 10.0 Å². The first-order valence-electron chi connectivity index (χ1n) is 9.67. The summed E-state index contributed by atoms with van der Waals surface area (Å²) in [5.41, 5.74) is 0.486. The van der Waals surface area contributed by atoms with E-state index >= 15 is 0 Å². The Morgan fingerprint density at radius 2 is 1.86 bits per heavy atom. The van der Waals surface area contributed by atoms with Crippen LogP contribution in [0.1, 0.15) is 18.4 Å². The molecule has 3 rings (SSSR count). The Labute approximate surface area is 178 Å². The highest BCUT2D eigenvalue weighted by atomic mass is 35.5. The van der Waals surface area contributed by atoms with Crippen molar-refractivity contribution < 1.29 is 18.0 Å². The lowest BCUT2D eigenvalue weighted by Gasteiger charge is -2.41. The molecule has 1 aromatic rings. The normalized spacial score (nSPS) is 20.4. The third-order valence-electron chi connectivity index (χ3n) is 5.52. The van der Waals surface area contributed by atoms with E-state index in [9.17, 15) is 18.0 Å². The number of hydrogen-bond donors (Lipinski definition) is 1. The molecule has 10 heteroatoms. The van der Waals surface area contributed by atoms with Gasteiger partial charge in [0.05, 0.1) is 17.4 Å². The first kappa shape index (κ1) is 23.6. The number of rotatable bonds is 7. The number of sulfonamides is 1. The molecule has 1 N–H and O–H groups in total. The Hall–Kier alpha value is -1.68. The van der Waals surface area contributed by atoms with Gasteiger partial charge in [0.15, 0.2) is 0 Å². The van der Waals surface area contributed by atoms with Crippen LogP contribution >= 0.6 is 12.4 Å². The van der Waals surface area contributed by atoms with E-state index in [4.69, 9.17) is 0 Å². The summed E-state index contributed by atoms with van der Waals surface area (Å²) >= 11 is 0. The smallest absolute Gasteiger partial charge is 0.240 e. The van der Waals surface area contributed by atoms with Crippen LogP contribution in [0.5, 0.6) is 0 Å². The number of nitrogens with one attached hydrogen (secondary N) is 1. The summed E-state index contributed by atoms with van der Waals surface area (Å²) < 4.78 is 26.9. The number of carbonyl (C=O) groups is 2. The quantitative estimate of drug-likeness (QED) is 0.612. The fourth-order valence-electron chi connectivity index (χ4n) is 4.01. The van der Waals surface area contributed by atoms with Crippen molar-refractivity contribution in [1.29, 1.82) is 0 Å². The largest absolute Gasteiger partial charge is 0.341 e. The zero-order valence-corrected chi connectivity index (χ0v) is 18.3. The van der Waals surface area contributed by atoms with Gasteiger partial charge in [0, 0.05) is 26.2 Å². The predicted molar refractivity (Wildman–Crippen MR) is 112 cm³/mol. The second-order valence-corrected chi connectivity index (χ2v) is 9.20. The van der Waals surface area contributed by atoms with Gasteiger partial charge in [-0.1, -0.05) is 18.2 Å². The van der Waals surface area contributed by atoms with Gasteiger partial charge in [-0.3, -0.25) is 9.59 Å². The predicted octanol–water partition coefficient (Wildman–Crippen LogP) is 0.324. The number of hydrogen-bond acceptors (Lipinski definition) is 5. The lowest BCUT2D eigenvalue weighted by Crippen LogP contribution is -2.58. The lowest BCUT2D eigenvalue weighted by molar-refractivity contribution is -0.138. The van der Waals surface area contributed by atoms with Gasteiger partial charge < -0.3 is 14.7 Å². The van der Waals surface area contributed by atoms with Crippen LogP contribution in [0.4, 0.5) is 0 Å². The van der Waals surface area contributed by atoms with Crippen LogP contribution in [-0.2, 0) is 26.0 Å². The highest BCUT2D eigenvalue weighted by Crippen LogP contribution is 2.19. The molecule has 0 aliphatic carbocycles. The van der Waals surface area contributed by atoms with Crippen LogP contribution in [0.3, 0.4) is 0 Å². The van der Waals surface area contributed by atoms with E-state index in [-0.39, 0.29) is 35.7 Å². The minimum Gasteiger partial charge on any atom is -0.341 e. The molecule has 8 nitrogen and oxygen atoms in total. The molecule has 0 bridgehead atoms. The van der Waals surface area contributed by atoms with Gasteiger partial charge in [-0.2, -0.15) is 0 Å². The summed E-state index contributed by atoms with van der Waals surface area (Å²) in [4.78, 5) is 30.3. The average Bonchev–Trinajstić information content (AvgIpc) is 3.21. The number of likely N-dealkylation sites (tertiary alicyclic amines) is 1. The molecule has 2 aliphatic rings. The molecule has 1 aromatic carbocycles. The summed E-state index contributed by atoms with van der Waals surface area (Å²) in [6, 6.07) is 6.51. The second-order valence-electron chi connectivity index (χ2n) is 7.34. The third-order valence-corrected chi connectivity index (χ3v) is 7.04. The average molecular weight is 445 g/mol. The van der Waals surface area contributed by atoms with E-state index in [2.05, 4.69) is 9.62 Å². The summed E-state index contributed by atoms with van der Waals surface area (Å²) in [6.07, 6.45) is 3.18. The standard InChI is InChI=1S/C19H28N4O4S.ClH/c1-20-28(26,27)18-7-3-2-6-16(18)12-19(25)23-11-10-22(15-24)14-17(23)13-21-8-4-5-9-21;/h2-3,6-7,15,17,20H,4-5,8-14H2,1H3;1H/t17-;/m1./s1. The number of amides is 2. The molecule has 29 heavy (non-hydrogen) atoms. The number of piperazine rings is 1. The molecule has 0 aromatic heterocycles. The topological polar surface area (TPSA) is 90.0 Å². The van der Waals surface area contributed by atoms with Crippen molar-refractivity contribution in [3.8, 4) is 0 Å². The molecule has 0 unspecified atom stereocenters. The maximum absolute atomic E-state index is 13.1. The molecule has 2 aliphatic heterocycles. The van der Waals surface area contributed by atoms with Gasteiger partial charge in [-0.05, 0) is 44.6 Å². The molecule has 0 saturated carbocycles. The van der Waals surface area contributed by atoms with Crippen LogP contribution in [-0.4, -0.2) is 87.8 Å². The van der Waals surface area contributed by atoms with E-state index in [1.54, 1.807) is 23.1 Å². The first-order valence-corrected chi connectivity index (χ1v) is 11.2. The minimum absolute atomic E-state index is 0. The Morgan fingerprint density at radius 3 is 2.52 bits per heavy atom. The second kappa shape index (κ2) is 10.4. The Kier molecular flexibility index (Phi) is 8.45. The molecular formula is C19H29ClN4O4S. The molecule has 0 radical (unpaired) electrons. The molecule has 2 amide bonds. The molecule has 2 fully saturated rings.